The summed E-state index contributed by atoms with van der Waals surface area (Å²) in [7, 11) is 0. The number of amidine groups is 2. The second-order valence-corrected chi connectivity index (χ2v) is 11.1. The quantitative estimate of drug-likeness (QED) is 0.370. The Balaban J connectivity index is 0.00000306. The van der Waals surface area contributed by atoms with E-state index in [9.17, 15) is 5.11 Å². The summed E-state index contributed by atoms with van der Waals surface area (Å²) >= 11 is 1.67. The number of aliphatic imine (C=N–C) groups is 2. The number of hydrogen-bond donors (Lipinski definition) is 1. The molecular formula is C27H36IN3OS. The first-order valence-corrected chi connectivity index (χ1v) is 12.8. The molecule has 0 saturated heterocycles. The van der Waals surface area contributed by atoms with Crippen LogP contribution < -0.4 is 4.90 Å². The molecule has 2 aliphatic rings. The Hall–Kier alpha value is -1.54. The highest BCUT2D eigenvalue weighted by Crippen LogP contribution is 2.49. The third-order valence-electron chi connectivity index (χ3n) is 7.22. The van der Waals surface area contributed by atoms with E-state index >= 15 is 0 Å². The molecule has 2 aromatic carbocycles. The smallest absolute Gasteiger partial charge is 0.170 e. The standard InChI is InChI=1S/C27H35N3OS.HI/c1-18-8-7-9-19(2)23(18)28-24-27(16-14-20(15-17-27)26(3,4)5)30(25(29-24)32-6)21-10-12-22(31)13-11-21;/h7-13,20,31H,14-17H2,1-6H3;1H. The molecule has 1 fully saturated rings. The summed E-state index contributed by atoms with van der Waals surface area (Å²) < 4.78 is 0. The number of phenols is 1. The fourth-order valence-corrected chi connectivity index (χ4v) is 5.89. The van der Waals surface area contributed by atoms with Gasteiger partial charge in [0.25, 0.3) is 0 Å². The second kappa shape index (κ2) is 9.98. The van der Waals surface area contributed by atoms with Crippen molar-refractivity contribution in [3.8, 4) is 5.75 Å². The molecule has 1 heterocycles. The maximum absolute atomic E-state index is 9.88. The van der Waals surface area contributed by atoms with Gasteiger partial charge in [0.15, 0.2) is 11.0 Å². The number of anilines is 1. The van der Waals surface area contributed by atoms with E-state index in [2.05, 4.69) is 64.0 Å². The van der Waals surface area contributed by atoms with Crippen LogP contribution in [0.15, 0.2) is 52.4 Å². The van der Waals surface area contributed by atoms with Gasteiger partial charge in [-0.15, -0.1) is 24.0 Å². The first-order chi connectivity index (χ1) is 15.2. The van der Waals surface area contributed by atoms with Gasteiger partial charge in [-0.3, -0.25) is 0 Å². The fraction of sp³-hybridized carbons (Fsp3) is 0.481. The van der Waals surface area contributed by atoms with Crippen molar-refractivity contribution in [3.05, 3.63) is 53.6 Å². The second-order valence-electron chi connectivity index (χ2n) is 10.3. The van der Waals surface area contributed by atoms with Gasteiger partial charge in [0.2, 0.25) is 0 Å². The fourth-order valence-electron chi connectivity index (χ4n) is 5.25. The zero-order valence-corrected chi connectivity index (χ0v) is 23.7. The molecule has 2 aromatic rings. The highest BCUT2D eigenvalue weighted by atomic mass is 127. The van der Waals surface area contributed by atoms with Crippen LogP contribution >= 0.6 is 35.7 Å². The lowest BCUT2D eigenvalue weighted by molar-refractivity contribution is 0.158. The summed E-state index contributed by atoms with van der Waals surface area (Å²) in [6, 6.07) is 13.9. The molecule has 4 nitrogen and oxygen atoms in total. The third-order valence-corrected chi connectivity index (χ3v) is 7.86. The molecule has 0 bridgehead atoms. The van der Waals surface area contributed by atoms with Gasteiger partial charge >= 0.3 is 0 Å². The van der Waals surface area contributed by atoms with Gasteiger partial charge in [0, 0.05) is 5.69 Å². The minimum absolute atomic E-state index is 0. The maximum Gasteiger partial charge on any atom is 0.170 e. The first kappa shape index (κ1) is 26.1. The highest BCUT2D eigenvalue weighted by molar-refractivity contribution is 14.0. The van der Waals surface area contributed by atoms with Crippen LogP contribution in [0.1, 0.15) is 57.6 Å². The molecule has 1 N–H and O–H groups in total. The van der Waals surface area contributed by atoms with Crippen molar-refractivity contribution in [3.63, 3.8) is 0 Å². The Morgan fingerprint density at radius 2 is 1.61 bits per heavy atom. The molecule has 33 heavy (non-hydrogen) atoms. The Morgan fingerprint density at radius 1 is 1.03 bits per heavy atom. The van der Waals surface area contributed by atoms with Gasteiger partial charge < -0.3 is 10.0 Å². The lowest BCUT2D eigenvalue weighted by atomic mass is 9.66. The average molecular weight is 578 g/mol. The van der Waals surface area contributed by atoms with Gasteiger partial charge in [-0.05, 0) is 92.5 Å². The number of para-hydroxylation sites is 1. The van der Waals surface area contributed by atoms with Gasteiger partial charge in [-0.1, -0.05) is 50.7 Å². The van der Waals surface area contributed by atoms with E-state index in [0.717, 1.165) is 48.1 Å². The summed E-state index contributed by atoms with van der Waals surface area (Å²) in [6.45, 7) is 11.3. The lowest BCUT2D eigenvalue weighted by Crippen LogP contribution is -2.54. The molecule has 0 radical (unpaired) electrons. The zero-order chi connectivity index (χ0) is 23.1. The van der Waals surface area contributed by atoms with E-state index in [1.54, 1.807) is 23.9 Å². The Kier molecular flexibility index (Phi) is 7.89. The normalized spacial score (nSPS) is 24.2. The SMILES string of the molecule is CSC1=NC(=Nc2c(C)cccc2C)C2(CCC(C(C)(C)C)CC2)N1c1ccc(O)cc1.I. The number of hydrogen-bond acceptors (Lipinski definition) is 4. The van der Waals surface area contributed by atoms with E-state index in [1.165, 1.54) is 11.1 Å². The molecule has 0 amide bonds. The van der Waals surface area contributed by atoms with E-state index in [1.807, 2.05) is 12.1 Å². The minimum atomic E-state index is -0.258. The summed E-state index contributed by atoms with van der Waals surface area (Å²) in [5.74, 6) is 1.90. The summed E-state index contributed by atoms with van der Waals surface area (Å²) in [5.41, 5.74) is 4.51. The van der Waals surface area contributed by atoms with Crippen molar-refractivity contribution in [2.45, 2.75) is 65.8 Å². The molecule has 4 rings (SSSR count). The van der Waals surface area contributed by atoms with Gasteiger partial charge in [0.05, 0.1) is 5.69 Å². The van der Waals surface area contributed by atoms with Crippen LogP contribution in [0.4, 0.5) is 11.4 Å². The van der Waals surface area contributed by atoms with Crippen LogP contribution in [0.3, 0.4) is 0 Å². The van der Waals surface area contributed by atoms with Crippen molar-refractivity contribution in [2.24, 2.45) is 21.3 Å². The van der Waals surface area contributed by atoms with Crippen LogP contribution in [-0.2, 0) is 0 Å². The number of phenolic OH excluding ortho intramolecular Hbond substituents is 1. The third kappa shape index (κ3) is 4.97. The lowest BCUT2D eigenvalue weighted by Gasteiger charge is -2.47. The molecule has 0 unspecified atom stereocenters. The van der Waals surface area contributed by atoms with Crippen LogP contribution in [0.25, 0.3) is 0 Å². The predicted octanol–water partition coefficient (Wildman–Crippen LogP) is 7.87. The molecule has 178 valence electrons. The summed E-state index contributed by atoms with van der Waals surface area (Å²) in [6.07, 6.45) is 6.44. The van der Waals surface area contributed by atoms with E-state index < -0.39 is 0 Å². The zero-order valence-electron chi connectivity index (χ0n) is 20.6. The number of halogens is 1. The van der Waals surface area contributed by atoms with Crippen molar-refractivity contribution in [1.29, 1.82) is 0 Å². The van der Waals surface area contributed by atoms with Crippen molar-refractivity contribution >= 4 is 58.1 Å². The molecule has 6 heteroatoms. The van der Waals surface area contributed by atoms with E-state index in [-0.39, 0.29) is 35.3 Å². The highest BCUT2D eigenvalue weighted by Gasteiger charge is 2.52. The van der Waals surface area contributed by atoms with Crippen LogP contribution in [0.5, 0.6) is 5.75 Å². The number of rotatable bonds is 2. The molecular weight excluding hydrogens is 541 g/mol. The van der Waals surface area contributed by atoms with Crippen LogP contribution in [0, 0.1) is 25.2 Å². The summed E-state index contributed by atoms with van der Waals surface area (Å²) in [5, 5.41) is 10.9. The number of aryl methyl sites for hydroxylation is 2. The van der Waals surface area contributed by atoms with Crippen LogP contribution in [0.2, 0.25) is 0 Å². The Morgan fingerprint density at radius 3 is 2.12 bits per heavy atom. The molecule has 0 aromatic heterocycles. The van der Waals surface area contributed by atoms with Gasteiger partial charge in [0.1, 0.15) is 11.3 Å². The number of nitrogens with zero attached hydrogens (tertiary/aromatic N) is 3. The average Bonchev–Trinajstić information content (AvgIpc) is 3.04. The van der Waals surface area contributed by atoms with Gasteiger partial charge in [-0.25, -0.2) is 9.98 Å². The van der Waals surface area contributed by atoms with Crippen molar-refractivity contribution < 1.29 is 5.11 Å². The van der Waals surface area contributed by atoms with Crippen molar-refractivity contribution in [1.82, 2.24) is 0 Å². The van der Waals surface area contributed by atoms with Crippen LogP contribution in [-0.4, -0.2) is 27.9 Å². The molecule has 0 atom stereocenters. The molecule has 1 aliphatic heterocycles. The number of benzene rings is 2. The number of aromatic hydroxyl groups is 1. The largest absolute Gasteiger partial charge is 0.508 e. The minimum Gasteiger partial charge on any atom is -0.508 e. The Bertz CT molecular complexity index is 1030. The summed E-state index contributed by atoms with van der Waals surface area (Å²) in [4.78, 5) is 12.8. The number of thioether (sulfide) groups is 1. The van der Waals surface area contributed by atoms with Crippen molar-refractivity contribution in [2.75, 3.05) is 11.2 Å². The van der Waals surface area contributed by atoms with E-state index in [4.69, 9.17) is 9.98 Å². The van der Waals surface area contributed by atoms with E-state index in [0.29, 0.717) is 11.3 Å². The topological polar surface area (TPSA) is 48.2 Å². The molecule has 1 saturated carbocycles. The molecule has 1 spiro atoms. The Labute approximate surface area is 220 Å². The first-order valence-electron chi connectivity index (χ1n) is 11.5. The maximum atomic E-state index is 9.88. The van der Waals surface area contributed by atoms with Gasteiger partial charge in [-0.2, -0.15) is 0 Å². The predicted molar refractivity (Wildman–Crippen MR) is 154 cm³/mol. The monoisotopic (exact) mass is 577 g/mol. The molecule has 1 aliphatic carbocycles.